The van der Waals surface area contributed by atoms with Gasteiger partial charge in [-0.3, -0.25) is 4.98 Å². The molecule has 0 saturated heterocycles. The van der Waals surface area contributed by atoms with E-state index in [1.807, 2.05) is 22.9 Å². The standard InChI is InChI=1S/C13H16N4O2S/c14-13(17-19)12-9(2-1-4-16-12)6-15-7-11(18)10-3-5-20-8-10/h1-5,8,11,15,18-19H,6-7H2,(H2,14,17). The van der Waals surface area contributed by atoms with E-state index in [0.29, 0.717) is 18.8 Å². The van der Waals surface area contributed by atoms with Gasteiger partial charge in [-0.05, 0) is 34.0 Å². The van der Waals surface area contributed by atoms with Crippen molar-refractivity contribution in [1.82, 2.24) is 10.3 Å². The molecule has 1 atom stereocenters. The molecule has 0 fully saturated rings. The van der Waals surface area contributed by atoms with Crippen LogP contribution in [0.2, 0.25) is 0 Å². The largest absolute Gasteiger partial charge is 0.409 e. The summed E-state index contributed by atoms with van der Waals surface area (Å²) < 4.78 is 0. The molecule has 7 heteroatoms. The summed E-state index contributed by atoms with van der Waals surface area (Å²) in [6.45, 7) is 0.891. The van der Waals surface area contributed by atoms with E-state index < -0.39 is 6.10 Å². The Bertz CT molecular complexity index is 572. The van der Waals surface area contributed by atoms with Crippen LogP contribution < -0.4 is 11.1 Å². The third kappa shape index (κ3) is 3.53. The lowest BCUT2D eigenvalue weighted by Gasteiger charge is -2.12. The number of nitrogens with two attached hydrogens (primary N) is 1. The molecule has 0 aliphatic carbocycles. The van der Waals surface area contributed by atoms with Crippen LogP contribution in [0.1, 0.15) is 22.9 Å². The summed E-state index contributed by atoms with van der Waals surface area (Å²) in [7, 11) is 0. The summed E-state index contributed by atoms with van der Waals surface area (Å²) in [6.07, 6.45) is 1.03. The van der Waals surface area contributed by atoms with Gasteiger partial charge in [0.05, 0.1) is 6.10 Å². The van der Waals surface area contributed by atoms with E-state index in [-0.39, 0.29) is 5.84 Å². The van der Waals surface area contributed by atoms with E-state index in [1.54, 1.807) is 23.6 Å². The molecule has 0 aliphatic rings. The highest BCUT2D eigenvalue weighted by atomic mass is 32.1. The van der Waals surface area contributed by atoms with Crippen molar-refractivity contribution >= 4 is 17.2 Å². The maximum atomic E-state index is 9.95. The van der Waals surface area contributed by atoms with Gasteiger partial charge in [-0.2, -0.15) is 11.3 Å². The highest BCUT2D eigenvalue weighted by Gasteiger charge is 2.10. The number of aliphatic hydroxyl groups is 1. The minimum atomic E-state index is -0.551. The van der Waals surface area contributed by atoms with Crippen LogP contribution in [-0.2, 0) is 6.54 Å². The predicted molar refractivity (Wildman–Crippen MR) is 77.7 cm³/mol. The molecule has 20 heavy (non-hydrogen) atoms. The summed E-state index contributed by atoms with van der Waals surface area (Å²) in [6, 6.07) is 5.51. The second kappa shape index (κ2) is 6.99. The minimum Gasteiger partial charge on any atom is -0.409 e. The first-order valence-corrected chi connectivity index (χ1v) is 6.99. The smallest absolute Gasteiger partial charge is 0.189 e. The lowest BCUT2D eigenvalue weighted by Crippen LogP contribution is -2.24. The van der Waals surface area contributed by atoms with Crippen LogP contribution in [-0.4, -0.2) is 27.7 Å². The van der Waals surface area contributed by atoms with Crippen molar-refractivity contribution in [3.63, 3.8) is 0 Å². The zero-order valence-electron chi connectivity index (χ0n) is 10.7. The number of hydrogen-bond donors (Lipinski definition) is 4. The topological polar surface area (TPSA) is 104 Å². The van der Waals surface area contributed by atoms with Crippen LogP contribution in [0.5, 0.6) is 0 Å². The predicted octanol–water partition coefficient (Wildman–Crippen LogP) is 1.06. The third-order valence-corrected chi connectivity index (χ3v) is 3.52. The second-order valence-electron chi connectivity index (χ2n) is 4.20. The van der Waals surface area contributed by atoms with Crippen LogP contribution >= 0.6 is 11.3 Å². The SMILES string of the molecule is N/C(=N/O)c1ncccc1CNCC(O)c1ccsc1. The third-order valence-electron chi connectivity index (χ3n) is 2.82. The number of thiophene rings is 1. The van der Waals surface area contributed by atoms with Gasteiger partial charge in [0.15, 0.2) is 5.84 Å². The Hall–Kier alpha value is -1.96. The van der Waals surface area contributed by atoms with Crippen molar-refractivity contribution < 1.29 is 10.3 Å². The molecular weight excluding hydrogens is 276 g/mol. The Morgan fingerprint density at radius 1 is 1.50 bits per heavy atom. The van der Waals surface area contributed by atoms with Crippen molar-refractivity contribution in [2.75, 3.05) is 6.54 Å². The molecule has 0 bridgehead atoms. The van der Waals surface area contributed by atoms with Gasteiger partial charge >= 0.3 is 0 Å². The van der Waals surface area contributed by atoms with Crippen molar-refractivity contribution in [1.29, 1.82) is 0 Å². The quantitative estimate of drug-likeness (QED) is 0.276. The number of rotatable bonds is 6. The number of pyridine rings is 1. The number of nitrogens with one attached hydrogen (secondary N) is 1. The molecule has 0 aliphatic heterocycles. The molecule has 5 N–H and O–H groups in total. The van der Waals surface area contributed by atoms with E-state index >= 15 is 0 Å². The Balaban J connectivity index is 1.95. The highest BCUT2D eigenvalue weighted by molar-refractivity contribution is 7.07. The van der Waals surface area contributed by atoms with Gasteiger partial charge in [0.2, 0.25) is 0 Å². The van der Waals surface area contributed by atoms with E-state index in [2.05, 4.69) is 15.5 Å². The summed E-state index contributed by atoms with van der Waals surface area (Å²) in [5.74, 6) is -0.0271. The van der Waals surface area contributed by atoms with Gasteiger partial charge in [-0.15, -0.1) is 0 Å². The summed E-state index contributed by atoms with van der Waals surface area (Å²) >= 11 is 1.55. The summed E-state index contributed by atoms with van der Waals surface area (Å²) in [5, 5.41) is 28.6. The molecule has 2 rings (SSSR count). The first kappa shape index (κ1) is 14.4. The van der Waals surface area contributed by atoms with Crippen LogP contribution in [0.3, 0.4) is 0 Å². The zero-order valence-corrected chi connectivity index (χ0v) is 11.5. The van der Waals surface area contributed by atoms with Crippen LogP contribution in [0.15, 0.2) is 40.3 Å². The summed E-state index contributed by atoms with van der Waals surface area (Å²) in [4.78, 5) is 4.08. The number of hydrogen-bond acceptors (Lipinski definition) is 6. The average molecular weight is 292 g/mol. The molecular formula is C13H16N4O2S. The van der Waals surface area contributed by atoms with Gasteiger partial charge in [0.1, 0.15) is 5.69 Å². The summed E-state index contributed by atoms with van der Waals surface area (Å²) in [5.41, 5.74) is 7.70. The number of aromatic nitrogens is 1. The minimum absolute atomic E-state index is 0.0271. The van der Waals surface area contributed by atoms with Crippen molar-refractivity contribution in [2.45, 2.75) is 12.6 Å². The van der Waals surface area contributed by atoms with Gasteiger partial charge in [-0.1, -0.05) is 11.2 Å². The fraction of sp³-hybridized carbons (Fsp3) is 0.231. The Kier molecular flexibility index (Phi) is 5.05. The second-order valence-corrected chi connectivity index (χ2v) is 4.98. The number of aliphatic hydroxyl groups excluding tert-OH is 1. The lowest BCUT2D eigenvalue weighted by molar-refractivity contribution is 0.175. The van der Waals surface area contributed by atoms with E-state index in [4.69, 9.17) is 10.9 Å². The Morgan fingerprint density at radius 3 is 3.05 bits per heavy atom. The van der Waals surface area contributed by atoms with Gasteiger partial charge < -0.3 is 21.4 Å². The first-order chi connectivity index (χ1) is 9.72. The number of nitrogens with zero attached hydrogens (tertiary/aromatic N) is 2. The molecule has 2 heterocycles. The Labute approximate surface area is 120 Å². The van der Waals surface area contributed by atoms with E-state index in [9.17, 15) is 5.11 Å². The highest BCUT2D eigenvalue weighted by Crippen LogP contribution is 2.15. The molecule has 0 aromatic carbocycles. The van der Waals surface area contributed by atoms with E-state index in [1.165, 1.54) is 0 Å². The van der Waals surface area contributed by atoms with Gasteiger partial charge in [-0.25, -0.2) is 0 Å². The molecule has 2 aromatic rings. The monoisotopic (exact) mass is 292 g/mol. The fourth-order valence-electron chi connectivity index (χ4n) is 1.79. The van der Waals surface area contributed by atoms with Crippen molar-refractivity contribution in [3.8, 4) is 0 Å². The number of oxime groups is 1. The maximum Gasteiger partial charge on any atom is 0.189 e. The van der Waals surface area contributed by atoms with Crippen LogP contribution in [0, 0.1) is 0 Å². The Morgan fingerprint density at radius 2 is 2.35 bits per heavy atom. The number of amidine groups is 1. The molecule has 6 nitrogen and oxygen atoms in total. The van der Waals surface area contributed by atoms with E-state index in [0.717, 1.165) is 11.1 Å². The fourth-order valence-corrected chi connectivity index (χ4v) is 2.49. The molecule has 2 aromatic heterocycles. The molecule has 1 unspecified atom stereocenters. The molecule has 0 saturated carbocycles. The molecule has 106 valence electrons. The molecule has 0 radical (unpaired) electrons. The molecule has 0 amide bonds. The van der Waals surface area contributed by atoms with Gasteiger partial charge in [0.25, 0.3) is 0 Å². The molecule has 0 spiro atoms. The first-order valence-electron chi connectivity index (χ1n) is 6.05. The normalized spacial score (nSPS) is 13.3. The average Bonchev–Trinajstić information content (AvgIpc) is 3.01. The van der Waals surface area contributed by atoms with Crippen molar-refractivity contribution in [2.24, 2.45) is 10.9 Å². The van der Waals surface area contributed by atoms with Crippen LogP contribution in [0.4, 0.5) is 0 Å². The lowest BCUT2D eigenvalue weighted by atomic mass is 10.1. The van der Waals surface area contributed by atoms with Crippen LogP contribution in [0.25, 0.3) is 0 Å². The zero-order chi connectivity index (χ0) is 14.4. The maximum absolute atomic E-state index is 9.95. The van der Waals surface area contributed by atoms with Gasteiger partial charge in [0, 0.05) is 19.3 Å². The van der Waals surface area contributed by atoms with Crippen molar-refractivity contribution in [3.05, 3.63) is 52.0 Å².